The molecule has 2 atom stereocenters. The van der Waals surface area contributed by atoms with Crippen molar-refractivity contribution in [2.45, 2.75) is 49.1 Å². The van der Waals surface area contributed by atoms with E-state index in [1.54, 1.807) is 6.07 Å². The Morgan fingerprint density at radius 1 is 1.29 bits per heavy atom. The molecule has 1 aliphatic carbocycles. The molecule has 1 heterocycles. The molecule has 0 fully saturated rings. The molecule has 0 radical (unpaired) electrons. The van der Waals surface area contributed by atoms with E-state index in [0.717, 1.165) is 18.4 Å². The van der Waals surface area contributed by atoms with Gasteiger partial charge in [0.2, 0.25) is 6.29 Å². The number of hydrogen-bond donors (Lipinski definition) is 3. The number of nitrogens with one attached hydrogen (secondary N) is 2. The van der Waals surface area contributed by atoms with Crippen molar-refractivity contribution in [2.75, 3.05) is 5.32 Å². The first-order valence-electron chi connectivity index (χ1n) is 10.1. The van der Waals surface area contributed by atoms with Crippen LogP contribution in [0.15, 0.2) is 47.1 Å². The molecule has 3 N–H and O–H groups in total. The number of sulfone groups is 1. The van der Waals surface area contributed by atoms with Crippen LogP contribution in [0.25, 0.3) is 0 Å². The monoisotopic (exact) mass is 534 g/mol. The van der Waals surface area contributed by atoms with E-state index in [4.69, 9.17) is 16.4 Å². The molecule has 0 bridgehead atoms. The van der Waals surface area contributed by atoms with Gasteiger partial charge in [0.15, 0.2) is 15.6 Å². The fourth-order valence-corrected chi connectivity index (χ4v) is 5.05. The molecule has 9 nitrogen and oxygen atoms in total. The molecule has 14 heteroatoms. The second-order valence-electron chi connectivity index (χ2n) is 7.40. The van der Waals surface area contributed by atoms with Crippen molar-refractivity contribution in [3.63, 3.8) is 0 Å². The first-order chi connectivity index (χ1) is 16.3. The van der Waals surface area contributed by atoms with Crippen LogP contribution in [0.4, 0.5) is 23.7 Å². The van der Waals surface area contributed by atoms with E-state index in [2.05, 4.69) is 20.6 Å². The molecular formula is C21H22ClF3N4O5S. The third kappa shape index (κ3) is 7.39. The third-order valence-corrected chi connectivity index (χ3v) is 7.49. The lowest BCUT2D eigenvalue weighted by Crippen LogP contribution is -2.37. The molecule has 3 rings (SSSR count). The van der Waals surface area contributed by atoms with E-state index in [1.807, 2.05) is 13.0 Å². The summed E-state index contributed by atoms with van der Waals surface area (Å²) in [5.41, 5.74) is 0.992. The molecule has 2 aromatic rings. The van der Waals surface area contributed by atoms with E-state index in [0.29, 0.717) is 0 Å². The number of carbonyl (C=O) groups is 2. The van der Waals surface area contributed by atoms with Gasteiger partial charge in [-0.15, -0.1) is 0 Å². The predicted molar refractivity (Wildman–Crippen MR) is 122 cm³/mol. The van der Waals surface area contributed by atoms with Crippen LogP contribution in [0, 0.1) is 0 Å². The van der Waals surface area contributed by atoms with Gasteiger partial charge in [0.1, 0.15) is 16.0 Å². The van der Waals surface area contributed by atoms with Gasteiger partial charge in [-0.3, -0.25) is 4.79 Å². The largest absolute Gasteiger partial charge is 0.504 e. The Kier molecular flexibility index (Phi) is 9.21. The fraction of sp³-hybridized carbons (Fsp3) is 0.333. The zero-order chi connectivity index (χ0) is 26.4. The Hall–Kier alpha value is -3.19. The van der Waals surface area contributed by atoms with Crippen LogP contribution < -0.4 is 10.6 Å². The summed E-state index contributed by atoms with van der Waals surface area (Å²) in [6.07, 6.45) is 0.871. The number of rotatable bonds is 5. The highest BCUT2D eigenvalue weighted by Crippen LogP contribution is 2.41. The second-order valence-corrected chi connectivity index (χ2v) is 10.0. The van der Waals surface area contributed by atoms with Crippen LogP contribution in [0.1, 0.15) is 37.8 Å². The van der Waals surface area contributed by atoms with Crippen molar-refractivity contribution in [3.8, 4) is 5.75 Å². The number of halogens is 4. The summed E-state index contributed by atoms with van der Waals surface area (Å²) in [6, 6.07) is 3.57. The van der Waals surface area contributed by atoms with Crippen molar-refractivity contribution >= 4 is 39.4 Å². The SMILES string of the molecule is CC1=CCCC1NC(=O)Nc1ccc(Cl)c(S(=O)(=O)C(C)c2ncccn2)c1O.O=CC(F)(F)F. The van der Waals surface area contributed by atoms with Crippen LogP contribution in [0.2, 0.25) is 5.02 Å². The average molecular weight is 535 g/mol. The number of aromatic nitrogens is 2. The molecule has 0 aliphatic heterocycles. The molecular weight excluding hydrogens is 513 g/mol. The molecule has 1 aromatic carbocycles. The lowest BCUT2D eigenvalue weighted by Gasteiger charge is -2.18. The van der Waals surface area contributed by atoms with Gasteiger partial charge in [-0.05, 0) is 44.9 Å². The maximum atomic E-state index is 13.1. The number of anilines is 1. The zero-order valence-corrected chi connectivity index (χ0v) is 20.1. The smallest absolute Gasteiger partial charge is 0.446 e. The number of aromatic hydroxyl groups is 1. The summed E-state index contributed by atoms with van der Waals surface area (Å²) < 4.78 is 57.4. The molecule has 1 aromatic heterocycles. The molecule has 35 heavy (non-hydrogen) atoms. The van der Waals surface area contributed by atoms with Crippen LogP contribution in [-0.4, -0.2) is 48.0 Å². The highest BCUT2D eigenvalue weighted by Gasteiger charge is 2.33. The third-order valence-electron chi connectivity index (χ3n) is 4.94. The van der Waals surface area contributed by atoms with Crippen molar-refractivity contribution in [3.05, 3.63) is 53.1 Å². The number of urea groups is 1. The first kappa shape index (κ1) is 28.1. The minimum Gasteiger partial charge on any atom is -0.504 e. The number of alkyl halides is 3. The summed E-state index contributed by atoms with van der Waals surface area (Å²) in [5.74, 6) is -0.559. The van der Waals surface area contributed by atoms with Gasteiger partial charge in [0.25, 0.3) is 0 Å². The quantitative estimate of drug-likeness (QED) is 0.294. The first-order valence-corrected chi connectivity index (χ1v) is 12.0. The highest BCUT2D eigenvalue weighted by atomic mass is 35.5. The number of phenols is 1. The van der Waals surface area contributed by atoms with E-state index in [-0.39, 0.29) is 22.6 Å². The van der Waals surface area contributed by atoms with Crippen LogP contribution in [-0.2, 0) is 14.6 Å². The number of phenolic OH excluding ortho intramolecular Hbond substituents is 1. The summed E-state index contributed by atoms with van der Waals surface area (Å²) in [5, 5.41) is 14.6. The van der Waals surface area contributed by atoms with Crippen LogP contribution >= 0.6 is 11.6 Å². The maximum Gasteiger partial charge on any atom is 0.446 e. The average Bonchev–Trinajstić information content (AvgIpc) is 3.19. The summed E-state index contributed by atoms with van der Waals surface area (Å²) in [6.45, 7) is 3.33. The summed E-state index contributed by atoms with van der Waals surface area (Å²) >= 11 is 6.09. The Morgan fingerprint density at radius 3 is 2.40 bits per heavy atom. The van der Waals surface area contributed by atoms with E-state index < -0.39 is 44.2 Å². The minimum absolute atomic E-state index is 0.0636. The number of amides is 2. The molecule has 0 saturated carbocycles. The molecule has 190 valence electrons. The van der Waals surface area contributed by atoms with Gasteiger partial charge in [0, 0.05) is 12.4 Å². The molecule has 2 unspecified atom stereocenters. The summed E-state index contributed by atoms with van der Waals surface area (Å²) in [7, 11) is -4.13. The minimum atomic E-state index is -4.64. The van der Waals surface area contributed by atoms with Gasteiger partial charge in [-0.2, -0.15) is 13.2 Å². The van der Waals surface area contributed by atoms with Gasteiger partial charge in [-0.25, -0.2) is 23.2 Å². The number of aldehydes is 1. The van der Waals surface area contributed by atoms with E-state index in [9.17, 15) is 31.5 Å². The Balaban J connectivity index is 0.000000641. The zero-order valence-electron chi connectivity index (χ0n) is 18.5. The van der Waals surface area contributed by atoms with Crippen molar-refractivity contribution in [1.82, 2.24) is 15.3 Å². The molecule has 2 amide bonds. The van der Waals surface area contributed by atoms with Crippen molar-refractivity contribution in [2.24, 2.45) is 0 Å². The molecule has 0 spiro atoms. The number of carbonyl (C=O) groups excluding carboxylic acids is 2. The van der Waals surface area contributed by atoms with Crippen LogP contribution in [0.5, 0.6) is 5.75 Å². The Morgan fingerprint density at radius 2 is 1.89 bits per heavy atom. The van der Waals surface area contributed by atoms with E-state index in [1.165, 1.54) is 31.5 Å². The fourth-order valence-electron chi connectivity index (χ4n) is 3.10. The number of benzene rings is 1. The lowest BCUT2D eigenvalue weighted by molar-refractivity contribution is -0.156. The van der Waals surface area contributed by atoms with Crippen LogP contribution in [0.3, 0.4) is 0 Å². The van der Waals surface area contributed by atoms with Crippen molar-refractivity contribution < 1.29 is 36.3 Å². The normalized spacial score (nSPS) is 16.4. The summed E-state index contributed by atoms with van der Waals surface area (Å²) in [4.78, 5) is 28.5. The molecule has 0 saturated heterocycles. The number of allylic oxidation sites excluding steroid dienone is 1. The lowest BCUT2D eigenvalue weighted by atomic mass is 10.2. The van der Waals surface area contributed by atoms with Crippen molar-refractivity contribution in [1.29, 1.82) is 0 Å². The number of hydrogen-bond acceptors (Lipinski definition) is 7. The maximum absolute atomic E-state index is 13.1. The van der Waals surface area contributed by atoms with Gasteiger partial charge < -0.3 is 15.7 Å². The van der Waals surface area contributed by atoms with E-state index >= 15 is 0 Å². The standard InChI is InChI=1S/C19H21ClN4O4S.C2HF3O/c1-11-5-3-6-14(11)23-19(26)24-15-8-7-13(20)17(16(15)25)29(27,28)12(2)18-21-9-4-10-22-18;3-2(4,5)1-6/h4-5,7-10,12,14,25H,3,6H2,1-2H3,(H2,23,24,26);1H. The molecule has 1 aliphatic rings. The Bertz CT molecular complexity index is 1210. The van der Waals surface area contributed by atoms with Gasteiger partial charge >= 0.3 is 12.2 Å². The second kappa shape index (κ2) is 11.5. The van der Waals surface area contributed by atoms with Gasteiger partial charge in [-0.1, -0.05) is 23.3 Å². The topological polar surface area (TPSA) is 138 Å². The van der Waals surface area contributed by atoms with Gasteiger partial charge in [0.05, 0.1) is 16.8 Å². The Labute approximate surface area is 204 Å². The number of nitrogens with zero attached hydrogens (tertiary/aromatic N) is 2. The predicted octanol–water partition coefficient (Wildman–Crippen LogP) is 4.35. The highest BCUT2D eigenvalue weighted by molar-refractivity contribution is 7.91.